The lowest BCUT2D eigenvalue weighted by Gasteiger charge is -2.12. The van der Waals surface area contributed by atoms with Gasteiger partial charge >= 0.3 is 0 Å². The van der Waals surface area contributed by atoms with E-state index in [0.29, 0.717) is 25.6 Å². The van der Waals surface area contributed by atoms with E-state index in [1.54, 1.807) is 18.7 Å². The molecule has 0 atom stereocenters. The molecular formula is C16H28N4O2S2. The van der Waals surface area contributed by atoms with Crippen LogP contribution in [0.3, 0.4) is 0 Å². The van der Waals surface area contributed by atoms with E-state index in [0.717, 1.165) is 6.54 Å². The third-order valence-electron chi connectivity index (χ3n) is 3.31. The second-order valence-corrected chi connectivity index (χ2v) is 8.18. The maximum atomic E-state index is 11.4. The van der Waals surface area contributed by atoms with Gasteiger partial charge in [0.25, 0.3) is 0 Å². The normalized spacial score (nSPS) is 12.2. The van der Waals surface area contributed by atoms with Crippen molar-refractivity contribution in [1.82, 2.24) is 15.4 Å². The Kier molecular flexibility index (Phi) is 9.17. The largest absolute Gasteiger partial charge is 0.357 e. The highest BCUT2D eigenvalue weighted by Crippen LogP contribution is 2.22. The number of benzene rings is 1. The smallest absolute Gasteiger partial charge is 0.211 e. The van der Waals surface area contributed by atoms with Crippen LogP contribution in [0, 0.1) is 6.92 Å². The van der Waals surface area contributed by atoms with Gasteiger partial charge in [0.1, 0.15) is 0 Å². The summed E-state index contributed by atoms with van der Waals surface area (Å²) in [5.41, 5.74) is 2.41. The average Bonchev–Trinajstić information content (AvgIpc) is 2.57. The number of hydrogen-bond acceptors (Lipinski definition) is 4. The number of sulfonamides is 1. The number of thioether (sulfide) groups is 1. The van der Waals surface area contributed by atoms with Gasteiger partial charge in [-0.2, -0.15) is 0 Å². The van der Waals surface area contributed by atoms with Crippen molar-refractivity contribution in [2.45, 2.75) is 32.2 Å². The number of hydrogen-bond donors (Lipinski definition) is 3. The minimum absolute atomic E-state index is 0.0893. The van der Waals surface area contributed by atoms with Gasteiger partial charge in [-0.25, -0.2) is 18.1 Å². The molecular weight excluding hydrogens is 344 g/mol. The van der Waals surface area contributed by atoms with Crippen molar-refractivity contribution in [2.75, 3.05) is 31.6 Å². The lowest BCUT2D eigenvalue weighted by molar-refractivity contribution is 0.582. The van der Waals surface area contributed by atoms with Gasteiger partial charge in [0.15, 0.2) is 5.96 Å². The van der Waals surface area contributed by atoms with Crippen molar-refractivity contribution in [3.8, 4) is 0 Å². The molecule has 0 aliphatic carbocycles. The van der Waals surface area contributed by atoms with Gasteiger partial charge in [-0.05, 0) is 44.2 Å². The van der Waals surface area contributed by atoms with Crippen molar-refractivity contribution in [1.29, 1.82) is 0 Å². The topological polar surface area (TPSA) is 82.6 Å². The lowest BCUT2D eigenvalue weighted by atomic mass is 10.1. The van der Waals surface area contributed by atoms with E-state index in [9.17, 15) is 8.42 Å². The Bertz CT molecular complexity index is 645. The van der Waals surface area contributed by atoms with E-state index in [2.05, 4.69) is 51.7 Å². The number of rotatable bonds is 9. The summed E-state index contributed by atoms with van der Waals surface area (Å²) >= 11 is 1.71. The van der Waals surface area contributed by atoms with Crippen LogP contribution in [-0.4, -0.2) is 46.0 Å². The zero-order chi connectivity index (χ0) is 18.0. The molecule has 0 fully saturated rings. The van der Waals surface area contributed by atoms with Gasteiger partial charge in [0.2, 0.25) is 10.0 Å². The van der Waals surface area contributed by atoms with Gasteiger partial charge in [0, 0.05) is 24.5 Å². The summed E-state index contributed by atoms with van der Waals surface area (Å²) in [7, 11) is -3.15. The number of aliphatic imine (C=N–C) groups is 1. The SMILES string of the molecule is CCNC(=NCc1ccc(C)cc1SC)NCCNS(=O)(=O)CC. The van der Waals surface area contributed by atoms with E-state index in [4.69, 9.17) is 0 Å². The van der Waals surface area contributed by atoms with Crippen molar-refractivity contribution in [2.24, 2.45) is 4.99 Å². The third kappa shape index (κ3) is 7.55. The Balaban J connectivity index is 2.62. The number of nitrogens with one attached hydrogen (secondary N) is 3. The van der Waals surface area contributed by atoms with Gasteiger partial charge < -0.3 is 10.6 Å². The van der Waals surface area contributed by atoms with Crippen LogP contribution in [0.4, 0.5) is 0 Å². The molecule has 0 saturated carbocycles. The highest BCUT2D eigenvalue weighted by molar-refractivity contribution is 7.98. The molecule has 0 heterocycles. The van der Waals surface area contributed by atoms with Gasteiger partial charge in [-0.1, -0.05) is 12.1 Å². The summed E-state index contributed by atoms with van der Waals surface area (Å²) in [6.07, 6.45) is 2.06. The zero-order valence-electron chi connectivity index (χ0n) is 14.8. The maximum absolute atomic E-state index is 11.4. The van der Waals surface area contributed by atoms with Crippen molar-refractivity contribution >= 4 is 27.7 Å². The highest BCUT2D eigenvalue weighted by Gasteiger charge is 2.06. The second-order valence-electron chi connectivity index (χ2n) is 5.24. The predicted octanol–water partition coefficient (Wildman–Crippen LogP) is 1.71. The molecule has 136 valence electrons. The van der Waals surface area contributed by atoms with Crippen LogP contribution >= 0.6 is 11.8 Å². The average molecular weight is 373 g/mol. The molecule has 0 amide bonds. The van der Waals surface area contributed by atoms with E-state index in [-0.39, 0.29) is 5.75 Å². The lowest BCUT2D eigenvalue weighted by Crippen LogP contribution is -2.41. The first kappa shape index (κ1) is 20.8. The van der Waals surface area contributed by atoms with Crippen LogP contribution in [0.2, 0.25) is 0 Å². The molecule has 0 bridgehead atoms. The molecule has 1 aromatic carbocycles. The molecule has 0 aliphatic rings. The van der Waals surface area contributed by atoms with Crippen LogP contribution in [0.25, 0.3) is 0 Å². The maximum Gasteiger partial charge on any atom is 0.211 e. The van der Waals surface area contributed by atoms with Crippen molar-refractivity contribution in [3.05, 3.63) is 29.3 Å². The van der Waals surface area contributed by atoms with Crippen LogP contribution in [0.5, 0.6) is 0 Å². The first-order valence-corrected chi connectivity index (χ1v) is 10.9. The van der Waals surface area contributed by atoms with E-state index in [1.807, 2.05) is 6.92 Å². The number of aryl methyl sites for hydroxylation is 1. The second kappa shape index (κ2) is 10.6. The van der Waals surface area contributed by atoms with Crippen molar-refractivity contribution in [3.63, 3.8) is 0 Å². The Morgan fingerprint density at radius 1 is 1.21 bits per heavy atom. The Morgan fingerprint density at radius 3 is 2.58 bits per heavy atom. The molecule has 0 saturated heterocycles. The fourth-order valence-corrected chi connectivity index (χ4v) is 3.29. The zero-order valence-corrected chi connectivity index (χ0v) is 16.5. The highest BCUT2D eigenvalue weighted by atomic mass is 32.2. The monoisotopic (exact) mass is 372 g/mol. The minimum atomic E-state index is -3.15. The molecule has 0 aliphatic heterocycles. The van der Waals surface area contributed by atoms with Crippen LogP contribution in [0.15, 0.2) is 28.1 Å². The van der Waals surface area contributed by atoms with Gasteiger partial charge in [0.05, 0.1) is 12.3 Å². The summed E-state index contributed by atoms with van der Waals surface area (Å²) in [5.74, 6) is 0.771. The molecule has 0 radical (unpaired) electrons. The summed E-state index contributed by atoms with van der Waals surface area (Å²) in [4.78, 5) is 5.81. The fraction of sp³-hybridized carbons (Fsp3) is 0.562. The van der Waals surface area contributed by atoms with Crippen LogP contribution in [0.1, 0.15) is 25.0 Å². The third-order valence-corrected chi connectivity index (χ3v) is 5.54. The van der Waals surface area contributed by atoms with E-state index in [1.165, 1.54) is 16.0 Å². The number of guanidine groups is 1. The minimum Gasteiger partial charge on any atom is -0.357 e. The van der Waals surface area contributed by atoms with Crippen molar-refractivity contribution < 1.29 is 8.42 Å². The van der Waals surface area contributed by atoms with E-state index >= 15 is 0 Å². The Morgan fingerprint density at radius 2 is 1.96 bits per heavy atom. The molecule has 8 heteroatoms. The molecule has 1 aromatic rings. The Labute approximate surface area is 150 Å². The van der Waals surface area contributed by atoms with Gasteiger partial charge in [-0.15, -0.1) is 11.8 Å². The first-order chi connectivity index (χ1) is 11.4. The molecule has 1 rings (SSSR count). The summed E-state index contributed by atoms with van der Waals surface area (Å²) in [5, 5.41) is 6.31. The summed E-state index contributed by atoms with van der Waals surface area (Å²) in [6, 6.07) is 6.35. The standard InChI is InChI=1S/C16H28N4O2S2/c1-5-17-16(18-9-10-20-24(21,22)6-2)19-12-14-8-7-13(3)11-15(14)23-4/h7-8,11,20H,5-6,9-10,12H2,1-4H3,(H2,17,18,19). The molecule has 0 unspecified atom stereocenters. The predicted molar refractivity (Wildman–Crippen MR) is 103 cm³/mol. The summed E-state index contributed by atoms with van der Waals surface area (Å²) in [6.45, 7) is 7.83. The Hall–Kier alpha value is -1.25. The molecule has 24 heavy (non-hydrogen) atoms. The number of nitrogens with zero attached hydrogens (tertiary/aromatic N) is 1. The molecule has 6 nitrogen and oxygen atoms in total. The van der Waals surface area contributed by atoms with Crippen LogP contribution in [-0.2, 0) is 16.6 Å². The first-order valence-electron chi connectivity index (χ1n) is 8.04. The molecule has 0 spiro atoms. The summed E-state index contributed by atoms with van der Waals surface area (Å²) < 4.78 is 25.3. The molecule has 3 N–H and O–H groups in total. The van der Waals surface area contributed by atoms with E-state index < -0.39 is 10.0 Å². The van der Waals surface area contributed by atoms with Crippen LogP contribution < -0.4 is 15.4 Å². The fourth-order valence-electron chi connectivity index (χ4n) is 1.98. The molecule has 0 aromatic heterocycles. The quantitative estimate of drug-likeness (QED) is 0.266. The van der Waals surface area contributed by atoms with Gasteiger partial charge in [-0.3, -0.25) is 0 Å².